The van der Waals surface area contributed by atoms with Gasteiger partial charge in [0.1, 0.15) is 0 Å². The quantitative estimate of drug-likeness (QED) is 0.479. The smallest absolute Gasteiger partial charge is 0.226 e. The van der Waals surface area contributed by atoms with Crippen molar-refractivity contribution in [2.75, 3.05) is 24.5 Å². The standard InChI is InChI=1S/C28H34N2O/c1-3-28(31)30(27-15-9-13-25-12-7-8-14-26(25)27)21-22(2)29-18-16-24(17-19-29)20-23-10-5-4-6-11-23/h4-15,22,24H,3,16-21H2,1-2H3. The fourth-order valence-electron chi connectivity index (χ4n) is 4.89. The highest BCUT2D eigenvalue weighted by atomic mass is 16.2. The molecule has 0 aromatic heterocycles. The van der Waals surface area contributed by atoms with Gasteiger partial charge in [-0.15, -0.1) is 0 Å². The van der Waals surface area contributed by atoms with E-state index in [1.807, 2.05) is 11.8 Å². The Morgan fingerprint density at radius 3 is 2.39 bits per heavy atom. The fraction of sp³-hybridized carbons (Fsp3) is 0.393. The van der Waals surface area contributed by atoms with Crippen LogP contribution in [-0.2, 0) is 11.2 Å². The van der Waals surface area contributed by atoms with Crippen molar-refractivity contribution in [1.82, 2.24) is 4.90 Å². The third-order valence-corrected chi connectivity index (χ3v) is 6.75. The highest BCUT2D eigenvalue weighted by Gasteiger charge is 2.26. The van der Waals surface area contributed by atoms with Crippen molar-refractivity contribution in [2.24, 2.45) is 5.92 Å². The molecule has 4 rings (SSSR count). The van der Waals surface area contributed by atoms with E-state index in [0.29, 0.717) is 12.5 Å². The van der Waals surface area contributed by atoms with E-state index in [9.17, 15) is 4.79 Å². The van der Waals surface area contributed by atoms with E-state index in [0.717, 1.165) is 36.6 Å². The summed E-state index contributed by atoms with van der Waals surface area (Å²) in [6.45, 7) is 7.20. The number of piperidine rings is 1. The lowest BCUT2D eigenvalue weighted by molar-refractivity contribution is -0.118. The molecule has 3 heteroatoms. The summed E-state index contributed by atoms with van der Waals surface area (Å²) in [6.07, 6.45) is 4.17. The van der Waals surface area contributed by atoms with Crippen LogP contribution in [-0.4, -0.2) is 36.5 Å². The number of hydrogen-bond donors (Lipinski definition) is 0. The number of fused-ring (bicyclic) bond motifs is 1. The van der Waals surface area contributed by atoms with Crippen LogP contribution in [0.3, 0.4) is 0 Å². The van der Waals surface area contributed by atoms with Gasteiger partial charge in [-0.05, 0) is 62.2 Å². The van der Waals surface area contributed by atoms with Crippen LogP contribution in [0, 0.1) is 5.92 Å². The summed E-state index contributed by atoms with van der Waals surface area (Å²) in [4.78, 5) is 17.5. The summed E-state index contributed by atoms with van der Waals surface area (Å²) in [5.41, 5.74) is 2.49. The van der Waals surface area contributed by atoms with Gasteiger partial charge in [0.15, 0.2) is 0 Å². The number of likely N-dealkylation sites (tertiary alicyclic amines) is 1. The first-order chi connectivity index (χ1) is 15.2. The molecular weight excluding hydrogens is 380 g/mol. The summed E-state index contributed by atoms with van der Waals surface area (Å²) >= 11 is 0. The Hall–Kier alpha value is -2.65. The number of benzene rings is 3. The molecule has 31 heavy (non-hydrogen) atoms. The molecule has 1 atom stereocenters. The molecule has 1 heterocycles. The Morgan fingerprint density at radius 2 is 1.65 bits per heavy atom. The molecule has 1 saturated heterocycles. The van der Waals surface area contributed by atoms with Crippen LogP contribution in [0.1, 0.15) is 38.7 Å². The zero-order valence-corrected chi connectivity index (χ0v) is 18.8. The minimum atomic E-state index is 0.196. The van der Waals surface area contributed by atoms with Crippen LogP contribution in [0.15, 0.2) is 72.8 Å². The Balaban J connectivity index is 1.43. The predicted octanol–water partition coefficient (Wildman–Crippen LogP) is 5.93. The maximum absolute atomic E-state index is 12.9. The number of carbonyl (C=O) groups is 1. The Morgan fingerprint density at radius 1 is 0.968 bits per heavy atom. The zero-order chi connectivity index (χ0) is 21.6. The molecule has 1 aliphatic rings. The largest absolute Gasteiger partial charge is 0.310 e. The summed E-state index contributed by atoms with van der Waals surface area (Å²) in [6, 6.07) is 25.8. The summed E-state index contributed by atoms with van der Waals surface area (Å²) in [7, 11) is 0. The lowest BCUT2D eigenvalue weighted by Gasteiger charge is -2.38. The molecule has 3 nitrogen and oxygen atoms in total. The number of carbonyl (C=O) groups excluding carboxylic acids is 1. The van der Waals surface area contributed by atoms with E-state index in [1.165, 1.54) is 30.2 Å². The fourth-order valence-corrected chi connectivity index (χ4v) is 4.89. The van der Waals surface area contributed by atoms with Gasteiger partial charge in [-0.2, -0.15) is 0 Å². The van der Waals surface area contributed by atoms with Crippen LogP contribution >= 0.6 is 0 Å². The highest BCUT2D eigenvalue weighted by molar-refractivity contribution is 6.03. The number of anilines is 1. The first-order valence-corrected chi connectivity index (χ1v) is 11.7. The normalized spacial score (nSPS) is 16.3. The van der Waals surface area contributed by atoms with E-state index in [4.69, 9.17) is 0 Å². The second-order valence-electron chi connectivity index (χ2n) is 8.87. The van der Waals surface area contributed by atoms with Crippen molar-refractivity contribution in [2.45, 2.75) is 45.6 Å². The van der Waals surface area contributed by atoms with E-state index in [1.54, 1.807) is 0 Å². The first-order valence-electron chi connectivity index (χ1n) is 11.7. The van der Waals surface area contributed by atoms with Crippen molar-refractivity contribution in [3.05, 3.63) is 78.4 Å². The molecule has 3 aromatic carbocycles. The maximum Gasteiger partial charge on any atom is 0.226 e. The summed E-state index contributed by atoms with van der Waals surface area (Å²) in [5, 5.41) is 2.34. The lowest BCUT2D eigenvalue weighted by Crippen LogP contribution is -2.47. The molecule has 0 radical (unpaired) electrons. The van der Waals surface area contributed by atoms with Crippen LogP contribution in [0.5, 0.6) is 0 Å². The van der Waals surface area contributed by atoms with Crippen LogP contribution in [0.4, 0.5) is 5.69 Å². The molecule has 1 fully saturated rings. The number of amides is 1. The average Bonchev–Trinajstić information content (AvgIpc) is 2.83. The lowest BCUT2D eigenvalue weighted by atomic mass is 9.89. The first kappa shape index (κ1) is 21.6. The van der Waals surface area contributed by atoms with Gasteiger partial charge in [0.2, 0.25) is 5.91 Å². The molecule has 162 valence electrons. The van der Waals surface area contributed by atoms with E-state index in [-0.39, 0.29) is 5.91 Å². The van der Waals surface area contributed by atoms with Gasteiger partial charge in [-0.3, -0.25) is 9.69 Å². The Bertz CT molecular complexity index is 987. The van der Waals surface area contributed by atoms with Crippen molar-refractivity contribution in [3.8, 4) is 0 Å². The highest BCUT2D eigenvalue weighted by Crippen LogP contribution is 2.29. The minimum absolute atomic E-state index is 0.196. The molecule has 1 amide bonds. The molecule has 0 bridgehead atoms. The topological polar surface area (TPSA) is 23.6 Å². The zero-order valence-electron chi connectivity index (χ0n) is 18.8. The second-order valence-corrected chi connectivity index (χ2v) is 8.87. The predicted molar refractivity (Wildman–Crippen MR) is 130 cm³/mol. The van der Waals surface area contributed by atoms with Gasteiger partial charge >= 0.3 is 0 Å². The van der Waals surface area contributed by atoms with E-state index >= 15 is 0 Å². The average molecular weight is 415 g/mol. The van der Waals surface area contributed by atoms with Gasteiger partial charge in [-0.1, -0.05) is 73.7 Å². The van der Waals surface area contributed by atoms with E-state index < -0.39 is 0 Å². The molecule has 0 aliphatic carbocycles. The minimum Gasteiger partial charge on any atom is -0.310 e. The molecule has 3 aromatic rings. The Kier molecular flexibility index (Phi) is 7.03. The molecule has 0 N–H and O–H groups in total. The van der Waals surface area contributed by atoms with Gasteiger partial charge in [0.05, 0.1) is 5.69 Å². The molecule has 0 saturated carbocycles. The van der Waals surface area contributed by atoms with Crippen molar-refractivity contribution in [1.29, 1.82) is 0 Å². The molecule has 0 spiro atoms. The van der Waals surface area contributed by atoms with Gasteiger partial charge < -0.3 is 4.90 Å². The molecule has 1 unspecified atom stereocenters. The van der Waals surface area contributed by atoms with Gasteiger partial charge in [0.25, 0.3) is 0 Å². The van der Waals surface area contributed by atoms with Gasteiger partial charge in [-0.25, -0.2) is 0 Å². The number of hydrogen-bond acceptors (Lipinski definition) is 2. The molecule has 1 aliphatic heterocycles. The van der Waals surface area contributed by atoms with Crippen molar-refractivity contribution in [3.63, 3.8) is 0 Å². The van der Waals surface area contributed by atoms with E-state index in [2.05, 4.69) is 84.6 Å². The maximum atomic E-state index is 12.9. The van der Waals surface area contributed by atoms with Crippen LogP contribution in [0.2, 0.25) is 0 Å². The number of rotatable bonds is 7. The van der Waals surface area contributed by atoms with Crippen LogP contribution < -0.4 is 4.90 Å². The van der Waals surface area contributed by atoms with Gasteiger partial charge in [0, 0.05) is 24.4 Å². The monoisotopic (exact) mass is 414 g/mol. The second kappa shape index (κ2) is 10.1. The SMILES string of the molecule is CCC(=O)N(CC(C)N1CCC(Cc2ccccc2)CC1)c1cccc2ccccc12. The third kappa shape index (κ3) is 5.16. The third-order valence-electron chi connectivity index (χ3n) is 6.75. The molecular formula is C28H34N2O. The summed E-state index contributed by atoms with van der Waals surface area (Å²) < 4.78 is 0. The number of nitrogens with zero attached hydrogens (tertiary/aromatic N) is 2. The van der Waals surface area contributed by atoms with Crippen LogP contribution in [0.25, 0.3) is 10.8 Å². The summed E-state index contributed by atoms with van der Waals surface area (Å²) in [5.74, 6) is 0.958. The Labute approximate surface area is 186 Å². The van der Waals surface area contributed by atoms with Crippen molar-refractivity contribution >= 4 is 22.4 Å². The van der Waals surface area contributed by atoms with Crippen molar-refractivity contribution < 1.29 is 4.79 Å².